The smallest absolute Gasteiger partial charge is 0.0192 e. The Morgan fingerprint density at radius 1 is 1.67 bits per heavy atom. The van der Waals surface area contributed by atoms with Crippen LogP contribution in [0.3, 0.4) is 0 Å². The molecule has 0 N–H and O–H groups in total. The van der Waals surface area contributed by atoms with Gasteiger partial charge in [-0.15, -0.1) is 0 Å². The third kappa shape index (κ3) is 1.01. The molecule has 0 saturated carbocycles. The first-order valence-electron chi connectivity index (χ1n) is 2.51. The first-order chi connectivity index (χ1) is 2.89. The maximum atomic E-state index is 2.16. The Morgan fingerprint density at radius 2 is 2.50 bits per heavy atom. The Balaban J connectivity index is 2.18. The van der Waals surface area contributed by atoms with Crippen molar-refractivity contribution in [2.75, 3.05) is 5.75 Å². The lowest BCUT2D eigenvalue weighted by atomic mass is 10.4. The van der Waals surface area contributed by atoms with Crippen LogP contribution in [0.1, 0.15) is 12.8 Å². The molecule has 6 heavy (non-hydrogen) atoms. The normalized spacial score (nSPS) is 35.0. The van der Waals surface area contributed by atoms with Gasteiger partial charge in [0.2, 0.25) is 0 Å². The van der Waals surface area contributed by atoms with Gasteiger partial charge in [0.05, 0.1) is 0 Å². The zero-order chi connectivity index (χ0) is 4.41. The molecule has 36 valence electrons. The van der Waals surface area contributed by atoms with Crippen molar-refractivity contribution in [3.63, 3.8) is 0 Å². The van der Waals surface area contributed by atoms with Gasteiger partial charge in [0.15, 0.2) is 0 Å². The van der Waals surface area contributed by atoms with E-state index < -0.39 is 0 Å². The summed E-state index contributed by atoms with van der Waals surface area (Å²) in [6, 6.07) is 0. The summed E-state index contributed by atoms with van der Waals surface area (Å²) in [5.74, 6) is 1.44. The van der Waals surface area contributed by atoms with Crippen molar-refractivity contribution in [3.8, 4) is 0 Å². The summed E-state index contributed by atoms with van der Waals surface area (Å²) < 4.78 is 0. The molecule has 1 saturated heterocycles. The molecule has 1 aliphatic heterocycles. The minimum atomic E-state index is 1.10. The summed E-state index contributed by atoms with van der Waals surface area (Å²) in [5, 5.41) is 0. The summed E-state index contributed by atoms with van der Waals surface area (Å²) in [4.78, 5) is 1.10. The van der Waals surface area contributed by atoms with E-state index in [1.54, 1.807) is 0 Å². The molecule has 0 aromatic rings. The molecular formula is C4H10SSi. The average molecular weight is 118 g/mol. The van der Waals surface area contributed by atoms with Crippen LogP contribution in [-0.2, 0) is 0 Å². The number of thioether (sulfide) groups is 1. The van der Waals surface area contributed by atoms with E-state index in [0.29, 0.717) is 0 Å². The van der Waals surface area contributed by atoms with E-state index in [1.165, 1.54) is 28.8 Å². The van der Waals surface area contributed by atoms with Crippen molar-refractivity contribution in [1.82, 2.24) is 0 Å². The quantitative estimate of drug-likeness (QED) is 0.410. The first-order valence-corrected chi connectivity index (χ1v) is 4.71. The van der Waals surface area contributed by atoms with Crippen molar-refractivity contribution < 1.29 is 0 Å². The van der Waals surface area contributed by atoms with Crippen LogP contribution in [0.25, 0.3) is 0 Å². The molecule has 0 spiro atoms. The highest BCUT2D eigenvalue weighted by Gasteiger charge is 2.07. The van der Waals surface area contributed by atoms with Crippen LogP contribution in [0, 0.1) is 0 Å². The predicted molar refractivity (Wildman–Crippen MR) is 35.4 cm³/mol. The van der Waals surface area contributed by atoms with Crippen LogP contribution in [0.4, 0.5) is 0 Å². The lowest BCUT2D eigenvalue weighted by Crippen LogP contribution is -1.90. The highest BCUT2D eigenvalue weighted by atomic mass is 32.2. The van der Waals surface area contributed by atoms with Crippen LogP contribution in [0.2, 0.25) is 0 Å². The molecule has 1 aliphatic rings. The van der Waals surface area contributed by atoms with Gasteiger partial charge in [-0.25, -0.2) is 0 Å². The van der Waals surface area contributed by atoms with Gasteiger partial charge in [0.25, 0.3) is 0 Å². The third-order valence-corrected chi connectivity index (χ3v) is 4.06. The Labute approximate surface area is 46.1 Å². The van der Waals surface area contributed by atoms with Crippen LogP contribution in [0.15, 0.2) is 0 Å². The van der Waals surface area contributed by atoms with Gasteiger partial charge in [0, 0.05) is 10.2 Å². The minimum absolute atomic E-state index is 1.10. The second-order valence-corrected chi connectivity index (χ2v) is 5.60. The molecule has 1 unspecified atom stereocenters. The highest BCUT2D eigenvalue weighted by molar-refractivity contribution is 8.01. The number of hydrogen-bond donors (Lipinski definition) is 0. The fourth-order valence-corrected chi connectivity index (χ4v) is 2.92. The fraction of sp³-hybridized carbons (Fsp3) is 1.00. The molecule has 0 nitrogen and oxygen atoms in total. The Morgan fingerprint density at radius 3 is 2.67 bits per heavy atom. The van der Waals surface area contributed by atoms with E-state index >= 15 is 0 Å². The second-order valence-electron chi connectivity index (χ2n) is 1.82. The molecule has 1 atom stereocenters. The monoisotopic (exact) mass is 118 g/mol. The fourth-order valence-electron chi connectivity index (χ4n) is 0.739. The Bertz CT molecular complexity index is 40.8. The van der Waals surface area contributed by atoms with Crippen molar-refractivity contribution >= 4 is 22.0 Å². The molecule has 2 heteroatoms. The van der Waals surface area contributed by atoms with Gasteiger partial charge < -0.3 is 0 Å². The molecule has 1 rings (SSSR count). The molecule has 0 aliphatic carbocycles. The molecule has 0 amide bonds. The predicted octanol–water partition coefficient (Wildman–Crippen LogP) is 0.205. The van der Waals surface area contributed by atoms with E-state index in [9.17, 15) is 0 Å². The number of hydrogen-bond acceptors (Lipinski definition) is 1. The van der Waals surface area contributed by atoms with Gasteiger partial charge in [-0.2, -0.15) is 11.8 Å². The van der Waals surface area contributed by atoms with Crippen LogP contribution in [-0.4, -0.2) is 20.9 Å². The van der Waals surface area contributed by atoms with Crippen molar-refractivity contribution in [2.45, 2.75) is 17.7 Å². The van der Waals surface area contributed by atoms with E-state index in [2.05, 4.69) is 11.8 Å². The third-order valence-electron chi connectivity index (χ3n) is 1.16. The Hall–Kier alpha value is 0.567. The van der Waals surface area contributed by atoms with E-state index in [0.717, 1.165) is 4.87 Å². The van der Waals surface area contributed by atoms with Crippen molar-refractivity contribution in [2.24, 2.45) is 0 Å². The summed E-state index contributed by atoms with van der Waals surface area (Å²) in [5.41, 5.74) is 0. The Kier molecular flexibility index (Phi) is 1.59. The van der Waals surface area contributed by atoms with E-state index in [-0.39, 0.29) is 0 Å². The summed E-state index contributed by atoms with van der Waals surface area (Å²) in [6.45, 7) is 0. The zero-order valence-corrected chi connectivity index (χ0v) is 6.92. The highest BCUT2D eigenvalue weighted by Crippen LogP contribution is 2.22. The topological polar surface area (TPSA) is 0 Å². The molecule has 0 aromatic carbocycles. The van der Waals surface area contributed by atoms with Crippen molar-refractivity contribution in [3.05, 3.63) is 0 Å². The lowest BCUT2D eigenvalue weighted by molar-refractivity contribution is 0.918. The molecule has 1 heterocycles. The van der Waals surface area contributed by atoms with Crippen molar-refractivity contribution in [1.29, 1.82) is 0 Å². The van der Waals surface area contributed by atoms with Crippen LogP contribution >= 0.6 is 11.8 Å². The number of rotatable bonds is 0. The zero-order valence-electron chi connectivity index (χ0n) is 4.11. The molecular weight excluding hydrogens is 108 g/mol. The molecule has 0 radical (unpaired) electrons. The molecule has 1 fully saturated rings. The van der Waals surface area contributed by atoms with E-state index in [4.69, 9.17) is 0 Å². The minimum Gasteiger partial charge on any atom is -0.163 e. The largest absolute Gasteiger partial charge is 0.163 e. The first kappa shape index (κ1) is 4.72. The standard InChI is InChI=1S/C4H10SSi/c6-4-2-1-3-5-4/h4H,1-3H2,6H3. The molecule has 0 bridgehead atoms. The lowest BCUT2D eigenvalue weighted by Gasteiger charge is -1.91. The SMILES string of the molecule is [SiH3]C1CCCS1. The van der Waals surface area contributed by atoms with Crippen LogP contribution < -0.4 is 0 Å². The second kappa shape index (κ2) is 2.03. The van der Waals surface area contributed by atoms with Gasteiger partial charge >= 0.3 is 0 Å². The van der Waals surface area contributed by atoms with Crippen LogP contribution in [0.5, 0.6) is 0 Å². The van der Waals surface area contributed by atoms with E-state index in [1.807, 2.05) is 0 Å². The average Bonchev–Trinajstić information content (AvgIpc) is 1.86. The molecule has 0 aromatic heterocycles. The van der Waals surface area contributed by atoms with Gasteiger partial charge in [-0.05, 0) is 23.5 Å². The maximum Gasteiger partial charge on any atom is 0.0192 e. The maximum absolute atomic E-state index is 2.16. The van der Waals surface area contributed by atoms with Gasteiger partial charge in [-0.1, -0.05) is 0 Å². The summed E-state index contributed by atoms with van der Waals surface area (Å²) in [6.07, 6.45) is 3.00. The van der Waals surface area contributed by atoms with Gasteiger partial charge in [-0.3, -0.25) is 0 Å². The summed E-state index contributed by atoms with van der Waals surface area (Å²) >= 11 is 2.16. The summed E-state index contributed by atoms with van der Waals surface area (Å²) in [7, 11) is 1.42. The van der Waals surface area contributed by atoms with Gasteiger partial charge in [0.1, 0.15) is 0 Å².